The summed E-state index contributed by atoms with van der Waals surface area (Å²) in [6.45, 7) is 3.97. The molecule has 1 saturated heterocycles. The molecule has 7 heteroatoms. The Balaban J connectivity index is 1.38. The van der Waals surface area contributed by atoms with Crippen molar-refractivity contribution in [3.63, 3.8) is 0 Å². The third-order valence-corrected chi connectivity index (χ3v) is 6.58. The van der Waals surface area contributed by atoms with Gasteiger partial charge in [0.15, 0.2) is 0 Å². The molecule has 5 rings (SSSR count). The Morgan fingerprint density at radius 1 is 0.909 bits per heavy atom. The summed E-state index contributed by atoms with van der Waals surface area (Å²) in [7, 11) is 0. The number of halogens is 1. The van der Waals surface area contributed by atoms with Crippen molar-refractivity contribution < 1.29 is 14.3 Å². The summed E-state index contributed by atoms with van der Waals surface area (Å²) in [5.74, 6) is 0.748. The van der Waals surface area contributed by atoms with Crippen molar-refractivity contribution in [1.82, 2.24) is 4.90 Å². The maximum absolute atomic E-state index is 13.1. The van der Waals surface area contributed by atoms with Crippen molar-refractivity contribution in [2.24, 2.45) is 0 Å². The summed E-state index contributed by atoms with van der Waals surface area (Å²) in [5.41, 5.74) is 1.95. The number of hydrogen-bond donors (Lipinski definition) is 1. The quantitative estimate of drug-likeness (QED) is 0.392. The highest BCUT2D eigenvalue weighted by atomic mass is 79.9. The van der Waals surface area contributed by atoms with Gasteiger partial charge >= 0.3 is 0 Å². The number of aromatic hydroxyl groups is 1. The predicted octanol–water partition coefficient (Wildman–Crippen LogP) is 5.38. The predicted molar refractivity (Wildman–Crippen MR) is 132 cm³/mol. The van der Waals surface area contributed by atoms with Gasteiger partial charge in [-0.2, -0.15) is 0 Å². The molecule has 0 amide bonds. The van der Waals surface area contributed by atoms with Crippen LogP contribution in [0.5, 0.6) is 17.2 Å². The average Bonchev–Trinajstić information content (AvgIpc) is 2.85. The van der Waals surface area contributed by atoms with E-state index in [0.717, 1.165) is 30.7 Å². The monoisotopic (exact) mass is 506 g/mol. The van der Waals surface area contributed by atoms with Gasteiger partial charge in [0.2, 0.25) is 11.2 Å². The fraction of sp³-hybridized carbons (Fsp3) is 0.192. The molecule has 1 aliphatic heterocycles. The van der Waals surface area contributed by atoms with E-state index in [1.54, 1.807) is 18.2 Å². The second kappa shape index (κ2) is 9.29. The lowest BCUT2D eigenvalue weighted by molar-refractivity contribution is 0.246. The highest BCUT2D eigenvalue weighted by molar-refractivity contribution is 9.10. The van der Waals surface area contributed by atoms with Gasteiger partial charge in [-0.3, -0.25) is 9.69 Å². The van der Waals surface area contributed by atoms with E-state index in [1.165, 1.54) is 12.0 Å². The minimum Gasteiger partial charge on any atom is -0.507 e. The number of ether oxygens (including phenoxy) is 1. The number of hydrogen-bond acceptors (Lipinski definition) is 6. The van der Waals surface area contributed by atoms with Gasteiger partial charge in [0, 0.05) is 38.4 Å². The molecule has 0 radical (unpaired) electrons. The van der Waals surface area contributed by atoms with Gasteiger partial charge in [-0.15, -0.1) is 0 Å². The van der Waals surface area contributed by atoms with E-state index in [-0.39, 0.29) is 16.9 Å². The van der Waals surface area contributed by atoms with Gasteiger partial charge in [-0.05, 0) is 52.3 Å². The van der Waals surface area contributed by atoms with Crippen LogP contribution in [-0.2, 0) is 6.54 Å². The maximum atomic E-state index is 13.1. The van der Waals surface area contributed by atoms with Crippen LogP contribution in [-0.4, -0.2) is 36.2 Å². The lowest BCUT2D eigenvalue weighted by atomic mass is 10.1. The van der Waals surface area contributed by atoms with Crippen molar-refractivity contribution in [3.05, 3.63) is 93.3 Å². The Morgan fingerprint density at radius 2 is 1.64 bits per heavy atom. The van der Waals surface area contributed by atoms with Crippen LogP contribution in [0, 0.1) is 0 Å². The summed E-state index contributed by atoms with van der Waals surface area (Å²) in [6, 6.07) is 20.8. The van der Waals surface area contributed by atoms with E-state index >= 15 is 0 Å². The van der Waals surface area contributed by atoms with Crippen molar-refractivity contribution in [1.29, 1.82) is 0 Å². The van der Waals surface area contributed by atoms with Crippen LogP contribution in [0.4, 0.5) is 5.69 Å². The first-order valence-corrected chi connectivity index (χ1v) is 11.6. The average molecular weight is 507 g/mol. The molecule has 1 aromatic heterocycles. The molecule has 0 aliphatic carbocycles. The van der Waals surface area contributed by atoms with Crippen molar-refractivity contribution >= 4 is 32.6 Å². The van der Waals surface area contributed by atoms with Crippen LogP contribution >= 0.6 is 15.9 Å². The van der Waals surface area contributed by atoms with Crippen molar-refractivity contribution in [2.75, 3.05) is 31.1 Å². The van der Waals surface area contributed by atoms with Crippen LogP contribution in [0.25, 0.3) is 11.0 Å². The van der Waals surface area contributed by atoms with Crippen molar-refractivity contribution in [3.8, 4) is 17.2 Å². The number of phenols is 1. The van der Waals surface area contributed by atoms with Crippen LogP contribution in [0.1, 0.15) is 5.56 Å². The Hall–Kier alpha value is -3.29. The normalized spacial score (nSPS) is 14.5. The standard InChI is InChI=1S/C26H23BrN2O4/c27-21-8-4-5-9-23(21)33-24-17-32-26-19(25(24)31)10-11-22(30)20(26)16-28-12-14-29(15-13-28)18-6-2-1-3-7-18/h1-11,17,30H,12-16H2. The molecule has 1 N–H and O–H groups in total. The third-order valence-electron chi connectivity index (χ3n) is 5.92. The van der Waals surface area contributed by atoms with Gasteiger partial charge in [-0.1, -0.05) is 30.3 Å². The van der Waals surface area contributed by atoms with Gasteiger partial charge in [0.1, 0.15) is 23.3 Å². The SMILES string of the molecule is O=c1c(Oc2ccccc2Br)coc2c(CN3CCN(c4ccccc4)CC3)c(O)ccc12. The molecule has 33 heavy (non-hydrogen) atoms. The molecule has 168 valence electrons. The fourth-order valence-electron chi connectivity index (χ4n) is 4.13. The summed E-state index contributed by atoms with van der Waals surface area (Å²) in [6.07, 6.45) is 1.32. The van der Waals surface area contributed by atoms with Gasteiger partial charge in [0.05, 0.1) is 15.4 Å². The molecule has 0 bridgehead atoms. The Labute approximate surface area is 199 Å². The lowest BCUT2D eigenvalue weighted by Crippen LogP contribution is -2.46. The van der Waals surface area contributed by atoms with Crippen LogP contribution in [0.2, 0.25) is 0 Å². The van der Waals surface area contributed by atoms with Crippen LogP contribution < -0.4 is 15.1 Å². The van der Waals surface area contributed by atoms with E-state index < -0.39 is 0 Å². The molecule has 0 unspecified atom stereocenters. The highest BCUT2D eigenvalue weighted by Gasteiger charge is 2.21. The molecule has 1 fully saturated rings. The minimum absolute atomic E-state index is 0.0996. The number of benzene rings is 3. The van der Waals surface area contributed by atoms with E-state index in [0.29, 0.717) is 28.8 Å². The van der Waals surface area contributed by atoms with Gasteiger partial charge < -0.3 is 19.2 Å². The molecular weight excluding hydrogens is 484 g/mol. The van der Waals surface area contributed by atoms with E-state index in [4.69, 9.17) is 9.15 Å². The molecule has 6 nitrogen and oxygen atoms in total. The number of para-hydroxylation sites is 2. The molecule has 2 heterocycles. The molecule has 3 aromatic carbocycles. The first-order chi connectivity index (χ1) is 16.1. The number of anilines is 1. The Bertz CT molecular complexity index is 1330. The topological polar surface area (TPSA) is 66.2 Å². The zero-order valence-electron chi connectivity index (χ0n) is 17.9. The largest absolute Gasteiger partial charge is 0.507 e. The Morgan fingerprint density at radius 3 is 2.39 bits per heavy atom. The number of phenolic OH excluding ortho intramolecular Hbond substituents is 1. The summed E-state index contributed by atoms with van der Waals surface area (Å²) < 4.78 is 12.4. The zero-order valence-corrected chi connectivity index (χ0v) is 19.5. The van der Waals surface area contributed by atoms with E-state index in [2.05, 4.69) is 37.9 Å². The number of rotatable bonds is 5. The van der Waals surface area contributed by atoms with E-state index in [9.17, 15) is 9.90 Å². The number of fused-ring (bicyclic) bond motifs is 1. The number of piperazine rings is 1. The van der Waals surface area contributed by atoms with Crippen LogP contribution in [0.15, 0.2) is 86.7 Å². The molecule has 0 spiro atoms. The Kier molecular flexibility index (Phi) is 6.07. The first-order valence-electron chi connectivity index (χ1n) is 10.8. The summed E-state index contributed by atoms with van der Waals surface area (Å²) in [5, 5.41) is 10.9. The maximum Gasteiger partial charge on any atom is 0.235 e. The second-order valence-corrected chi connectivity index (χ2v) is 8.85. The summed E-state index contributed by atoms with van der Waals surface area (Å²) in [4.78, 5) is 17.7. The number of nitrogens with zero attached hydrogens (tertiary/aromatic N) is 2. The highest BCUT2D eigenvalue weighted by Crippen LogP contribution is 2.32. The zero-order chi connectivity index (χ0) is 22.8. The molecule has 0 atom stereocenters. The third kappa shape index (κ3) is 4.47. The molecule has 0 saturated carbocycles. The second-order valence-electron chi connectivity index (χ2n) is 8.00. The van der Waals surface area contributed by atoms with Gasteiger partial charge in [0.25, 0.3) is 0 Å². The molecule has 4 aromatic rings. The van der Waals surface area contributed by atoms with Gasteiger partial charge in [-0.25, -0.2) is 0 Å². The fourth-order valence-corrected chi connectivity index (χ4v) is 4.49. The molecular formula is C26H23BrN2O4. The summed E-state index contributed by atoms with van der Waals surface area (Å²) >= 11 is 3.42. The smallest absolute Gasteiger partial charge is 0.235 e. The van der Waals surface area contributed by atoms with Crippen LogP contribution in [0.3, 0.4) is 0 Å². The lowest BCUT2D eigenvalue weighted by Gasteiger charge is -2.36. The first kappa shape index (κ1) is 21.6. The van der Waals surface area contributed by atoms with Crippen molar-refractivity contribution in [2.45, 2.75) is 6.54 Å². The minimum atomic E-state index is -0.276. The molecule has 1 aliphatic rings. The van der Waals surface area contributed by atoms with E-state index in [1.807, 2.05) is 36.4 Å².